The van der Waals surface area contributed by atoms with Gasteiger partial charge in [-0.05, 0) is 62.6 Å². The Hall–Kier alpha value is -3.19. The summed E-state index contributed by atoms with van der Waals surface area (Å²) >= 11 is 3.55. The van der Waals surface area contributed by atoms with Crippen molar-refractivity contribution in [3.63, 3.8) is 0 Å². The molecule has 1 aliphatic heterocycles. The van der Waals surface area contributed by atoms with Crippen LogP contribution in [0.15, 0.2) is 40.2 Å². The maximum atomic E-state index is 12.5. The Kier molecular flexibility index (Phi) is 6.75. The smallest absolute Gasteiger partial charge is 0.428 e. The van der Waals surface area contributed by atoms with Gasteiger partial charge in [-0.3, -0.25) is 9.48 Å². The van der Waals surface area contributed by atoms with Crippen molar-refractivity contribution in [2.75, 3.05) is 0 Å². The molecule has 4 rings (SSSR count). The van der Waals surface area contributed by atoms with E-state index in [2.05, 4.69) is 49.9 Å². The summed E-state index contributed by atoms with van der Waals surface area (Å²) in [7, 11) is 1.78. The molecule has 2 amide bonds. The number of hydrogen-bond donors (Lipinski definition) is 2. The molecule has 0 radical (unpaired) electrons. The number of amides is 2. The SMILES string of the molecule is C[C@H](NC(=O)c1cnn(C)c1)[C@H](C)C1CCC2(CC1)OC(=O)NN=C2c1cc(C#N)ccc1Br. The van der Waals surface area contributed by atoms with Crippen molar-refractivity contribution in [2.24, 2.45) is 24.0 Å². The lowest BCUT2D eigenvalue weighted by Crippen LogP contribution is -2.53. The molecule has 1 fully saturated rings. The molecule has 1 spiro atoms. The minimum absolute atomic E-state index is 0.0306. The van der Waals surface area contributed by atoms with Gasteiger partial charge in [0.1, 0.15) is 5.71 Å². The average molecular weight is 527 g/mol. The van der Waals surface area contributed by atoms with E-state index in [1.54, 1.807) is 42.3 Å². The molecule has 1 saturated carbocycles. The molecule has 9 nitrogen and oxygen atoms in total. The molecular weight excluding hydrogens is 500 g/mol. The fraction of sp³-hybridized carbons (Fsp3) is 0.458. The van der Waals surface area contributed by atoms with Gasteiger partial charge in [0, 0.05) is 29.3 Å². The second-order valence-corrected chi connectivity index (χ2v) is 9.98. The topological polar surface area (TPSA) is 121 Å². The fourth-order valence-electron chi connectivity index (χ4n) is 4.87. The number of carbonyl (C=O) groups excluding carboxylic acids is 2. The molecule has 1 aromatic carbocycles. The number of carbonyl (C=O) groups is 2. The van der Waals surface area contributed by atoms with Gasteiger partial charge in [0.2, 0.25) is 0 Å². The van der Waals surface area contributed by atoms with Crippen LogP contribution in [0.4, 0.5) is 4.79 Å². The number of benzene rings is 1. The van der Waals surface area contributed by atoms with Gasteiger partial charge in [-0.2, -0.15) is 15.5 Å². The van der Waals surface area contributed by atoms with Crippen molar-refractivity contribution in [1.82, 2.24) is 20.5 Å². The molecule has 1 aliphatic carbocycles. The molecule has 0 bridgehead atoms. The number of aromatic nitrogens is 2. The molecular formula is C24H27BrN6O3. The predicted octanol–water partition coefficient (Wildman–Crippen LogP) is 3.88. The maximum Gasteiger partial charge on any atom is 0.428 e. The molecule has 2 N–H and O–H groups in total. The first-order valence-electron chi connectivity index (χ1n) is 11.3. The summed E-state index contributed by atoms with van der Waals surface area (Å²) in [5.74, 6) is 0.437. The summed E-state index contributed by atoms with van der Waals surface area (Å²) in [5, 5.41) is 20.9. The van der Waals surface area contributed by atoms with Crippen molar-refractivity contribution in [2.45, 2.75) is 51.2 Å². The molecule has 0 saturated heterocycles. The molecule has 178 valence electrons. The molecule has 34 heavy (non-hydrogen) atoms. The Bertz CT molecular complexity index is 1180. The Labute approximate surface area is 206 Å². The number of nitrogens with one attached hydrogen (secondary N) is 2. The van der Waals surface area contributed by atoms with Gasteiger partial charge >= 0.3 is 6.09 Å². The highest BCUT2D eigenvalue weighted by molar-refractivity contribution is 9.10. The van der Waals surface area contributed by atoms with Crippen LogP contribution in [0.1, 0.15) is 61.0 Å². The lowest BCUT2D eigenvalue weighted by molar-refractivity contribution is 0.00884. The van der Waals surface area contributed by atoms with Crippen molar-refractivity contribution < 1.29 is 14.3 Å². The second kappa shape index (κ2) is 9.58. The number of rotatable bonds is 5. The molecule has 2 atom stereocenters. The van der Waals surface area contributed by atoms with Gasteiger partial charge in [-0.1, -0.05) is 22.9 Å². The van der Waals surface area contributed by atoms with E-state index in [4.69, 9.17) is 4.74 Å². The number of halogens is 1. The quantitative estimate of drug-likeness (QED) is 0.612. The number of hydrazone groups is 1. The van der Waals surface area contributed by atoms with E-state index < -0.39 is 11.7 Å². The highest BCUT2D eigenvalue weighted by Crippen LogP contribution is 2.43. The Morgan fingerprint density at radius 2 is 2.12 bits per heavy atom. The van der Waals surface area contributed by atoms with Crippen LogP contribution in [-0.4, -0.2) is 39.1 Å². The largest absolute Gasteiger partial charge is 0.435 e. The fourth-order valence-corrected chi connectivity index (χ4v) is 5.31. The first kappa shape index (κ1) is 24.0. The van der Waals surface area contributed by atoms with Gasteiger partial charge < -0.3 is 10.1 Å². The first-order valence-corrected chi connectivity index (χ1v) is 12.1. The maximum absolute atomic E-state index is 12.5. The lowest BCUT2D eigenvalue weighted by atomic mass is 9.69. The van der Waals surface area contributed by atoms with Crippen LogP contribution in [0, 0.1) is 23.2 Å². The van der Waals surface area contributed by atoms with Crippen LogP contribution in [0.3, 0.4) is 0 Å². The van der Waals surface area contributed by atoms with E-state index in [9.17, 15) is 14.9 Å². The van der Waals surface area contributed by atoms with E-state index in [-0.39, 0.29) is 17.9 Å². The summed E-state index contributed by atoms with van der Waals surface area (Å²) in [6, 6.07) is 7.41. The molecule has 2 aliphatic rings. The Morgan fingerprint density at radius 3 is 2.76 bits per heavy atom. The monoisotopic (exact) mass is 526 g/mol. The van der Waals surface area contributed by atoms with Crippen molar-refractivity contribution in [1.29, 1.82) is 5.26 Å². The van der Waals surface area contributed by atoms with E-state index >= 15 is 0 Å². The molecule has 2 aromatic rings. The van der Waals surface area contributed by atoms with Crippen LogP contribution in [0.2, 0.25) is 0 Å². The van der Waals surface area contributed by atoms with Gasteiger partial charge in [0.15, 0.2) is 5.60 Å². The number of nitriles is 1. The highest BCUT2D eigenvalue weighted by Gasteiger charge is 2.47. The normalized spacial score (nSPS) is 23.8. The number of nitrogens with zero attached hydrogens (tertiary/aromatic N) is 4. The zero-order chi connectivity index (χ0) is 24.5. The second-order valence-electron chi connectivity index (χ2n) is 9.12. The van der Waals surface area contributed by atoms with Crippen LogP contribution < -0.4 is 10.7 Å². The molecule has 10 heteroatoms. The summed E-state index contributed by atoms with van der Waals surface area (Å²) in [6.07, 6.45) is 5.54. The predicted molar refractivity (Wildman–Crippen MR) is 129 cm³/mol. The van der Waals surface area contributed by atoms with Gasteiger partial charge in [0.25, 0.3) is 5.91 Å². The van der Waals surface area contributed by atoms with Gasteiger partial charge in [0.05, 0.1) is 23.4 Å². The van der Waals surface area contributed by atoms with Crippen LogP contribution in [-0.2, 0) is 11.8 Å². The first-order chi connectivity index (χ1) is 16.2. The molecule has 0 unspecified atom stereocenters. The van der Waals surface area contributed by atoms with E-state index in [0.717, 1.165) is 22.9 Å². The summed E-state index contributed by atoms with van der Waals surface area (Å²) in [5.41, 5.74) is 3.99. The Morgan fingerprint density at radius 1 is 1.38 bits per heavy atom. The van der Waals surface area contributed by atoms with Crippen LogP contribution in [0.5, 0.6) is 0 Å². The third-order valence-electron chi connectivity index (χ3n) is 7.03. The van der Waals surface area contributed by atoms with Crippen molar-refractivity contribution in [3.8, 4) is 6.07 Å². The van der Waals surface area contributed by atoms with E-state index in [0.29, 0.717) is 35.6 Å². The lowest BCUT2D eigenvalue weighted by Gasteiger charge is -2.44. The summed E-state index contributed by atoms with van der Waals surface area (Å²) in [4.78, 5) is 24.7. The third-order valence-corrected chi connectivity index (χ3v) is 7.72. The molecule has 1 aromatic heterocycles. The third kappa shape index (κ3) is 4.71. The van der Waals surface area contributed by atoms with E-state index in [1.807, 2.05) is 6.92 Å². The average Bonchev–Trinajstić information content (AvgIpc) is 3.26. The van der Waals surface area contributed by atoms with Crippen molar-refractivity contribution in [3.05, 3.63) is 51.8 Å². The molecule has 2 heterocycles. The standard InChI is InChI=1S/C24H27BrN6O3/c1-14(15(2)28-22(32)18-12-27-31(3)13-18)17-6-8-24(9-7-17)21(29-30-23(33)34-24)19-10-16(11-26)4-5-20(19)25/h4-5,10,12-15,17H,6-9H2,1-3H3,(H,28,32)(H,30,33)/t14-,15-,17?,24?/m0/s1. The van der Waals surface area contributed by atoms with Gasteiger partial charge in [-0.25, -0.2) is 10.2 Å². The summed E-state index contributed by atoms with van der Waals surface area (Å²) < 4.78 is 8.25. The minimum Gasteiger partial charge on any atom is -0.435 e. The number of hydrogen-bond acceptors (Lipinski definition) is 6. The Balaban J connectivity index is 1.48. The van der Waals surface area contributed by atoms with Gasteiger partial charge in [-0.15, -0.1) is 0 Å². The zero-order valence-electron chi connectivity index (χ0n) is 19.3. The summed E-state index contributed by atoms with van der Waals surface area (Å²) in [6.45, 7) is 4.17. The number of ether oxygens (including phenoxy) is 1. The minimum atomic E-state index is -0.850. The van der Waals surface area contributed by atoms with Crippen molar-refractivity contribution >= 4 is 33.6 Å². The van der Waals surface area contributed by atoms with Crippen LogP contribution >= 0.6 is 15.9 Å². The highest BCUT2D eigenvalue weighted by atomic mass is 79.9. The van der Waals surface area contributed by atoms with Crippen LogP contribution in [0.25, 0.3) is 0 Å². The van der Waals surface area contributed by atoms with E-state index in [1.165, 1.54) is 0 Å². The zero-order valence-corrected chi connectivity index (χ0v) is 20.9. The number of aryl methyl sites for hydroxylation is 1.